The van der Waals surface area contributed by atoms with Crippen molar-refractivity contribution in [3.05, 3.63) is 29.8 Å². The van der Waals surface area contributed by atoms with E-state index in [1.165, 1.54) is 11.3 Å². The summed E-state index contributed by atoms with van der Waals surface area (Å²) in [6.07, 6.45) is 1.16. The van der Waals surface area contributed by atoms with Gasteiger partial charge in [-0.15, -0.1) is 0 Å². The first-order valence-corrected chi connectivity index (χ1v) is 6.36. The van der Waals surface area contributed by atoms with Crippen molar-refractivity contribution in [1.29, 1.82) is 0 Å². The van der Waals surface area contributed by atoms with Crippen molar-refractivity contribution in [2.24, 2.45) is 5.73 Å². The van der Waals surface area contributed by atoms with Crippen LogP contribution < -0.4 is 10.6 Å². The van der Waals surface area contributed by atoms with Crippen LogP contribution in [0.4, 0.5) is 5.69 Å². The molecule has 1 aromatic carbocycles. The number of hydrogen-bond donors (Lipinski definition) is 1. The van der Waals surface area contributed by atoms with Crippen molar-refractivity contribution >= 4 is 5.69 Å². The van der Waals surface area contributed by atoms with Gasteiger partial charge in [-0.05, 0) is 32.1 Å². The van der Waals surface area contributed by atoms with Crippen LogP contribution in [0.25, 0.3) is 0 Å². The van der Waals surface area contributed by atoms with Crippen molar-refractivity contribution in [3.63, 3.8) is 0 Å². The molecule has 0 radical (unpaired) electrons. The van der Waals surface area contributed by atoms with E-state index in [2.05, 4.69) is 55.1 Å². The molecule has 0 aliphatic rings. The Morgan fingerprint density at radius 1 is 1.06 bits per heavy atom. The van der Waals surface area contributed by atoms with E-state index in [1.54, 1.807) is 0 Å². The van der Waals surface area contributed by atoms with E-state index in [0.717, 1.165) is 26.1 Å². The van der Waals surface area contributed by atoms with Crippen molar-refractivity contribution < 1.29 is 0 Å². The third kappa shape index (κ3) is 4.36. The summed E-state index contributed by atoms with van der Waals surface area (Å²) in [5.41, 5.74) is 8.33. The van der Waals surface area contributed by atoms with Gasteiger partial charge in [0.25, 0.3) is 0 Å². The third-order valence-corrected chi connectivity index (χ3v) is 2.86. The molecule has 3 nitrogen and oxygen atoms in total. The van der Waals surface area contributed by atoms with Crippen LogP contribution in [0.5, 0.6) is 0 Å². The van der Waals surface area contributed by atoms with Gasteiger partial charge in [0.15, 0.2) is 0 Å². The van der Waals surface area contributed by atoms with E-state index in [0.29, 0.717) is 6.54 Å². The Balaban J connectivity index is 2.80. The number of nitrogens with zero attached hydrogens (tertiary/aromatic N) is 2. The van der Waals surface area contributed by atoms with Crippen LogP contribution in [0.2, 0.25) is 0 Å². The molecule has 0 aromatic heterocycles. The molecule has 0 saturated carbocycles. The highest BCUT2D eigenvalue weighted by atomic mass is 15.2. The highest BCUT2D eigenvalue weighted by molar-refractivity contribution is 5.53. The molecule has 0 atom stereocenters. The first kappa shape index (κ1) is 14.0. The van der Waals surface area contributed by atoms with Crippen LogP contribution in [0.1, 0.15) is 18.9 Å². The zero-order chi connectivity index (χ0) is 12.7. The molecule has 1 rings (SSSR count). The molecule has 1 aromatic rings. The van der Waals surface area contributed by atoms with Crippen molar-refractivity contribution in [1.82, 2.24) is 4.90 Å². The summed E-state index contributed by atoms with van der Waals surface area (Å²) in [6.45, 7) is 6.04. The molecule has 0 bridgehead atoms. The maximum Gasteiger partial charge on any atom is 0.0412 e. The fourth-order valence-corrected chi connectivity index (χ4v) is 1.94. The molecular formula is C14H25N3. The summed E-state index contributed by atoms with van der Waals surface area (Å²) in [6, 6.07) is 8.44. The first-order chi connectivity index (χ1) is 8.19. The third-order valence-electron chi connectivity index (χ3n) is 2.86. The van der Waals surface area contributed by atoms with Gasteiger partial charge in [0.2, 0.25) is 0 Å². The van der Waals surface area contributed by atoms with Crippen LogP contribution >= 0.6 is 0 Å². The predicted molar refractivity (Wildman–Crippen MR) is 75.4 cm³/mol. The number of hydrogen-bond acceptors (Lipinski definition) is 3. The van der Waals surface area contributed by atoms with E-state index in [9.17, 15) is 0 Å². The van der Waals surface area contributed by atoms with E-state index < -0.39 is 0 Å². The summed E-state index contributed by atoms with van der Waals surface area (Å²) >= 11 is 0. The Kier molecular flexibility index (Phi) is 6.01. The Labute approximate surface area is 105 Å². The van der Waals surface area contributed by atoms with E-state index in [1.807, 2.05) is 0 Å². The average molecular weight is 235 g/mol. The maximum atomic E-state index is 5.80. The fraction of sp³-hybridized carbons (Fsp3) is 0.571. The second-order valence-corrected chi connectivity index (χ2v) is 4.62. The lowest BCUT2D eigenvalue weighted by molar-refractivity contribution is 0.413. The Morgan fingerprint density at radius 3 is 2.35 bits per heavy atom. The summed E-state index contributed by atoms with van der Waals surface area (Å²) in [5, 5.41) is 0. The summed E-state index contributed by atoms with van der Waals surface area (Å²) in [4.78, 5) is 4.65. The van der Waals surface area contributed by atoms with Gasteiger partial charge in [-0.25, -0.2) is 0 Å². The van der Waals surface area contributed by atoms with Gasteiger partial charge < -0.3 is 15.5 Å². The molecule has 0 heterocycles. The van der Waals surface area contributed by atoms with Crippen LogP contribution in [-0.2, 0) is 6.54 Å². The van der Waals surface area contributed by atoms with Gasteiger partial charge in [-0.1, -0.05) is 25.1 Å². The molecule has 0 aliphatic carbocycles. The fourth-order valence-electron chi connectivity index (χ4n) is 1.94. The van der Waals surface area contributed by atoms with E-state index >= 15 is 0 Å². The minimum absolute atomic E-state index is 0.609. The normalized spacial score (nSPS) is 10.9. The summed E-state index contributed by atoms with van der Waals surface area (Å²) < 4.78 is 0. The van der Waals surface area contributed by atoms with Crippen molar-refractivity contribution in [2.75, 3.05) is 38.6 Å². The summed E-state index contributed by atoms with van der Waals surface area (Å²) in [7, 11) is 4.22. The second kappa shape index (κ2) is 7.30. The van der Waals surface area contributed by atoms with E-state index in [-0.39, 0.29) is 0 Å². The number of likely N-dealkylation sites (N-methyl/N-ethyl adjacent to an activating group) is 1. The number of anilines is 1. The SMILES string of the molecule is CCCN(CCN(C)C)c1ccccc1CN. The standard InChI is InChI=1S/C14H25N3/c1-4-9-17(11-10-16(2)3)14-8-6-5-7-13(14)12-15/h5-8H,4,9-12,15H2,1-3H3. The van der Waals surface area contributed by atoms with Crippen molar-refractivity contribution in [2.45, 2.75) is 19.9 Å². The molecule has 96 valence electrons. The van der Waals surface area contributed by atoms with Crippen LogP contribution in [0, 0.1) is 0 Å². The minimum atomic E-state index is 0.609. The highest BCUT2D eigenvalue weighted by Gasteiger charge is 2.09. The molecule has 2 N–H and O–H groups in total. The Morgan fingerprint density at radius 2 is 1.76 bits per heavy atom. The zero-order valence-corrected chi connectivity index (χ0v) is 11.3. The Bertz CT molecular complexity index is 323. The molecule has 0 amide bonds. The molecule has 0 aliphatic heterocycles. The molecule has 3 heteroatoms. The molecule has 0 unspecified atom stereocenters. The Hall–Kier alpha value is -1.06. The lowest BCUT2D eigenvalue weighted by Crippen LogP contribution is -2.33. The predicted octanol–water partition coefficient (Wildman–Crippen LogP) is 1.92. The largest absolute Gasteiger partial charge is 0.370 e. The topological polar surface area (TPSA) is 32.5 Å². The van der Waals surface area contributed by atoms with Gasteiger partial charge >= 0.3 is 0 Å². The van der Waals surface area contributed by atoms with Crippen LogP contribution in [-0.4, -0.2) is 38.6 Å². The van der Waals surface area contributed by atoms with Gasteiger partial charge in [0, 0.05) is 31.9 Å². The molecule has 17 heavy (non-hydrogen) atoms. The number of para-hydroxylation sites is 1. The number of rotatable bonds is 7. The maximum absolute atomic E-state index is 5.80. The monoisotopic (exact) mass is 235 g/mol. The number of nitrogens with two attached hydrogens (primary N) is 1. The van der Waals surface area contributed by atoms with Crippen LogP contribution in [0.15, 0.2) is 24.3 Å². The lowest BCUT2D eigenvalue weighted by Gasteiger charge is -2.28. The van der Waals surface area contributed by atoms with Crippen LogP contribution in [0.3, 0.4) is 0 Å². The van der Waals surface area contributed by atoms with Gasteiger partial charge in [0.05, 0.1) is 0 Å². The van der Waals surface area contributed by atoms with Gasteiger partial charge in [-0.2, -0.15) is 0 Å². The van der Waals surface area contributed by atoms with E-state index in [4.69, 9.17) is 5.73 Å². The minimum Gasteiger partial charge on any atom is -0.370 e. The molecule has 0 fully saturated rings. The van der Waals surface area contributed by atoms with Gasteiger partial charge in [0.1, 0.15) is 0 Å². The first-order valence-electron chi connectivity index (χ1n) is 6.36. The molecule has 0 saturated heterocycles. The lowest BCUT2D eigenvalue weighted by atomic mass is 10.1. The highest BCUT2D eigenvalue weighted by Crippen LogP contribution is 2.20. The smallest absolute Gasteiger partial charge is 0.0412 e. The van der Waals surface area contributed by atoms with Crippen molar-refractivity contribution in [3.8, 4) is 0 Å². The number of benzene rings is 1. The summed E-state index contributed by atoms with van der Waals surface area (Å²) in [5.74, 6) is 0. The quantitative estimate of drug-likeness (QED) is 0.784. The molecule has 0 spiro atoms. The van der Waals surface area contributed by atoms with Gasteiger partial charge in [-0.3, -0.25) is 0 Å². The zero-order valence-electron chi connectivity index (χ0n) is 11.3. The molecular weight excluding hydrogens is 210 g/mol. The average Bonchev–Trinajstić information content (AvgIpc) is 2.34. The second-order valence-electron chi connectivity index (χ2n) is 4.62.